The molecule has 1 rings (SSSR count). The Kier molecular flexibility index (Phi) is 7.36. The summed E-state index contributed by atoms with van der Waals surface area (Å²) in [5.41, 5.74) is -0.333. The number of carbonyl (C=O) groups is 2. The third-order valence-electron chi connectivity index (χ3n) is 3.28. The molecule has 0 aliphatic heterocycles. The van der Waals surface area contributed by atoms with Crippen molar-refractivity contribution >= 4 is 17.7 Å². The number of hydrogen-bond donors (Lipinski definition) is 1. The zero-order chi connectivity index (χ0) is 19.9. The number of amides is 1. The van der Waals surface area contributed by atoms with E-state index in [-0.39, 0.29) is 24.3 Å². The Bertz CT molecular complexity index is 668. The molecule has 26 heavy (non-hydrogen) atoms. The number of nitrogens with one attached hydrogen (secondary N) is 1. The molecule has 1 atom stereocenters. The van der Waals surface area contributed by atoms with Crippen LogP contribution in [0.25, 0.3) is 0 Å². The van der Waals surface area contributed by atoms with Crippen LogP contribution in [0.4, 0.5) is 10.5 Å². The molecular weight excluding hydrogens is 344 g/mol. The van der Waals surface area contributed by atoms with E-state index in [1.165, 1.54) is 26.4 Å². The third-order valence-corrected chi connectivity index (χ3v) is 3.28. The van der Waals surface area contributed by atoms with Crippen molar-refractivity contribution in [1.82, 2.24) is 5.32 Å². The molecule has 1 aromatic carbocycles. The molecule has 1 N–H and O–H groups in total. The highest BCUT2D eigenvalue weighted by Gasteiger charge is 2.23. The largest absolute Gasteiger partial charge is 0.490 e. The lowest BCUT2D eigenvalue weighted by Gasteiger charge is -2.23. The van der Waals surface area contributed by atoms with Gasteiger partial charge in [-0.25, -0.2) is 4.79 Å². The van der Waals surface area contributed by atoms with Crippen molar-refractivity contribution in [1.29, 1.82) is 0 Å². The molecule has 1 amide bonds. The monoisotopic (exact) mass is 368 g/mol. The highest BCUT2D eigenvalue weighted by molar-refractivity contribution is 5.73. The summed E-state index contributed by atoms with van der Waals surface area (Å²) in [6.45, 7) is 5.15. The summed E-state index contributed by atoms with van der Waals surface area (Å²) in [7, 11) is 2.58. The van der Waals surface area contributed by atoms with Crippen LogP contribution in [0.5, 0.6) is 5.75 Å². The minimum absolute atomic E-state index is 0.102. The van der Waals surface area contributed by atoms with Crippen LogP contribution in [0.1, 0.15) is 32.8 Å². The fraction of sp³-hybridized carbons (Fsp3) is 0.529. The van der Waals surface area contributed by atoms with Crippen molar-refractivity contribution in [2.24, 2.45) is 0 Å². The maximum atomic E-state index is 12.0. The van der Waals surface area contributed by atoms with Crippen LogP contribution in [0.3, 0.4) is 0 Å². The van der Waals surface area contributed by atoms with E-state index in [4.69, 9.17) is 9.47 Å². The number of alkyl carbamates (subject to hydrolysis) is 1. The zero-order valence-corrected chi connectivity index (χ0v) is 15.5. The van der Waals surface area contributed by atoms with Crippen molar-refractivity contribution < 1.29 is 28.7 Å². The van der Waals surface area contributed by atoms with Crippen molar-refractivity contribution in [2.45, 2.75) is 45.3 Å². The smallest absolute Gasteiger partial charge is 0.407 e. The summed E-state index contributed by atoms with van der Waals surface area (Å²) >= 11 is 0. The average molecular weight is 368 g/mol. The van der Waals surface area contributed by atoms with Crippen molar-refractivity contribution in [3.8, 4) is 5.75 Å². The van der Waals surface area contributed by atoms with Gasteiger partial charge in [0.1, 0.15) is 5.60 Å². The molecule has 144 valence electrons. The van der Waals surface area contributed by atoms with E-state index in [0.717, 1.165) is 0 Å². The molecule has 0 heterocycles. The Labute approximate surface area is 151 Å². The van der Waals surface area contributed by atoms with Gasteiger partial charge in [0.15, 0.2) is 5.75 Å². The third kappa shape index (κ3) is 6.96. The number of esters is 1. The Balaban J connectivity index is 2.98. The van der Waals surface area contributed by atoms with E-state index >= 15 is 0 Å². The predicted octanol–water partition coefficient (Wildman–Crippen LogP) is 2.60. The summed E-state index contributed by atoms with van der Waals surface area (Å²) in [5, 5.41) is 13.7. The highest BCUT2D eigenvalue weighted by atomic mass is 16.6. The van der Waals surface area contributed by atoms with Crippen molar-refractivity contribution in [3.05, 3.63) is 33.9 Å². The van der Waals surface area contributed by atoms with Gasteiger partial charge >= 0.3 is 17.7 Å². The standard InChI is InChI=1S/C17H24N2O7/c1-17(2,3)26-16(21)18-12(10-15(20)25-5)8-11-6-7-14(24-4)13(9-11)19(22)23/h6-7,9,12H,8,10H2,1-5H3,(H,18,21)/t12-/m0/s1. The first-order chi connectivity index (χ1) is 12.1. The molecule has 9 heteroatoms. The Hall–Kier alpha value is -2.84. The second kappa shape index (κ2) is 9.02. The van der Waals surface area contributed by atoms with Crippen LogP contribution < -0.4 is 10.1 Å². The minimum Gasteiger partial charge on any atom is -0.490 e. The fourth-order valence-corrected chi connectivity index (χ4v) is 2.22. The van der Waals surface area contributed by atoms with Gasteiger partial charge in [-0.15, -0.1) is 0 Å². The van der Waals surface area contributed by atoms with Crippen LogP contribution in [0.2, 0.25) is 0 Å². The van der Waals surface area contributed by atoms with Gasteiger partial charge in [0, 0.05) is 12.1 Å². The first kappa shape index (κ1) is 21.2. The van der Waals surface area contributed by atoms with Gasteiger partial charge in [-0.05, 0) is 38.8 Å². The van der Waals surface area contributed by atoms with Gasteiger partial charge in [0.05, 0.1) is 25.6 Å². The number of nitro benzene ring substituents is 1. The summed E-state index contributed by atoms with van der Waals surface area (Å²) in [6, 6.07) is 3.80. The number of ether oxygens (including phenoxy) is 3. The summed E-state index contributed by atoms with van der Waals surface area (Å²) in [6.07, 6.45) is -0.608. The maximum Gasteiger partial charge on any atom is 0.407 e. The van der Waals surface area contributed by atoms with E-state index in [0.29, 0.717) is 5.56 Å². The molecule has 0 fully saturated rings. The molecule has 9 nitrogen and oxygen atoms in total. The quantitative estimate of drug-likeness (QED) is 0.446. The molecule has 0 aliphatic rings. The SMILES string of the molecule is COC(=O)C[C@H](Cc1ccc(OC)c([N+](=O)[O-])c1)NC(=O)OC(C)(C)C. The molecular formula is C17H24N2O7. The van der Waals surface area contributed by atoms with Crippen LogP contribution >= 0.6 is 0 Å². The molecule has 0 unspecified atom stereocenters. The molecule has 0 bridgehead atoms. The first-order valence-corrected chi connectivity index (χ1v) is 7.93. The van der Waals surface area contributed by atoms with Gasteiger partial charge in [0.2, 0.25) is 0 Å². The highest BCUT2D eigenvalue weighted by Crippen LogP contribution is 2.28. The van der Waals surface area contributed by atoms with Gasteiger partial charge in [0.25, 0.3) is 0 Å². The van der Waals surface area contributed by atoms with E-state index in [9.17, 15) is 19.7 Å². The molecule has 0 spiro atoms. The maximum absolute atomic E-state index is 12.0. The Morgan fingerprint density at radius 1 is 1.27 bits per heavy atom. The lowest BCUT2D eigenvalue weighted by molar-refractivity contribution is -0.385. The Morgan fingerprint density at radius 3 is 2.42 bits per heavy atom. The second-order valence-electron chi connectivity index (χ2n) is 6.59. The van der Waals surface area contributed by atoms with Gasteiger partial charge in [-0.1, -0.05) is 6.07 Å². The number of carbonyl (C=O) groups excluding carboxylic acids is 2. The predicted molar refractivity (Wildman–Crippen MR) is 93.1 cm³/mol. The molecule has 0 saturated carbocycles. The summed E-state index contributed by atoms with van der Waals surface area (Å²) in [5.74, 6) is -0.391. The number of hydrogen-bond acceptors (Lipinski definition) is 7. The van der Waals surface area contributed by atoms with Crippen molar-refractivity contribution in [3.63, 3.8) is 0 Å². The molecule has 0 radical (unpaired) electrons. The zero-order valence-electron chi connectivity index (χ0n) is 15.5. The van der Waals surface area contributed by atoms with Crippen LogP contribution in [0.15, 0.2) is 18.2 Å². The van der Waals surface area contributed by atoms with E-state index in [1.54, 1.807) is 26.8 Å². The fourth-order valence-electron chi connectivity index (χ4n) is 2.22. The van der Waals surface area contributed by atoms with Crippen LogP contribution in [-0.4, -0.2) is 42.8 Å². The average Bonchev–Trinajstić information content (AvgIpc) is 2.52. The normalized spacial score (nSPS) is 12.0. The summed E-state index contributed by atoms with van der Waals surface area (Å²) < 4.78 is 14.8. The van der Waals surface area contributed by atoms with Crippen molar-refractivity contribution in [2.75, 3.05) is 14.2 Å². The molecule has 0 aliphatic carbocycles. The Morgan fingerprint density at radius 2 is 1.92 bits per heavy atom. The minimum atomic E-state index is -0.696. The van der Waals surface area contributed by atoms with Crippen LogP contribution in [-0.2, 0) is 20.7 Å². The van der Waals surface area contributed by atoms with Gasteiger partial charge in [-0.2, -0.15) is 0 Å². The number of rotatable bonds is 7. The lowest BCUT2D eigenvalue weighted by atomic mass is 10.0. The number of nitrogens with zero attached hydrogens (tertiary/aromatic N) is 1. The van der Waals surface area contributed by atoms with E-state index < -0.39 is 28.6 Å². The van der Waals surface area contributed by atoms with Gasteiger partial charge < -0.3 is 19.5 Å². The second-order valence-corrected chi connectivity index (χ2v) is 6.59. The number of methoxy groups -OCH3 is 2. The summed E-state index contributed by atoms with van der Waals surface area (Å²) in [4.78, 5) is 34.2. The number of nitro groups is 1. The van der Waals surface area contributed by atoms with E-state index in [1.807, 2.05) is 0 Å². The lowest BCUT2D eigenvalue weighted by Crippen LogP contribution is -2.41. The van der Waals surface area contributed by atoms with Crippen LogP contribution in [0, 0.1) is 10.1 Å². The topological polar surface area (TPSA) is 117 Å². The molecule has 0 aromatic heterocycles. The molecule has 1 aromatic rings. The number of benzene rings is 1. The first-order valence-electron chi connectivity index (χ1n) is 7.93. The van der Waals surface area contributed by atoms with E-state index in [2.05, 4.69) is 10.1 Å². The molecule has 0 saturated heterocycles. The van der Waals surface area contributed by atoms with Gasteiger partial charge in [-0.3, -0.25) is 14.9 Å².